The summed E-state index contributed by atoms with van der Waals surface area (Å²) in [4.78, 5) is 11.4. The fourth-order valence-corrected chi connectivity index (χ4v) is 3.73. The van der Waals surface area contributed by atoms with Gasteiger partial charge in [-0.05, 0) is 24.1 Å². The molecule has 0 saturated heterocycles. The van der Waals surface area contributed by atoms with Crippen molar-refractivity contribution in [2.45, 2.75) is 20.4 Å². The molecule has 0 amide bonds. The topological polar surface area (TPSA) is 85.5 Å². The molecular weight excluding hydrogens is 418 g/mol. The third kappa shape index (κ3) is 5.06. The van der Waals surface area contributed by atoms with Crippen molar-refractivity contribution in [3.8, 4) is 22.8 Å². The summed E-state index contributed by atoms with van der Waals surface area (Å²) in [6.45, 7) is 5.56. The first-order chi connectivity index (χ1) is 16.0. The zero-order valence-corrected chi connectivity index (χ0v) is 19.4. The normalized spacial score (nSPS) is 11.2. The van der Waals surface area contributed by atoms with E-state index in [1.54, 1.807) is 20.4 Å². The van der Waals surface area contributed by atoms with Gasteiger partial charge in [0, 0.05) is 54.4 Å². The van der Waals surface area contributed by atoms with Gasteiger partial charge in [-0.3, -0.25) is 9.67 Å². The average molecular weight is 448 g/mol. The first-order valence-electron chi connectivity index (χ1n) is 10.9. The second kappa shape index (κ2) is 9.87. The van der Waals surface area contributed by atoms with Crippen LogP contribution in [-0.4, -0.2) is 52.2 Å². The summed E-state index contributed by atoms with van der Waals surface area (Å²) < 4.78 is 12.8. The first kappa shape index (κ1) is 22.5. The maximum atomic E-state index is 9.74. The Morgan fingerprint density at radius 1 is 0.970 bits per heavy atom. The van der Waals surface area contributed by atoms with Gasteiger partial charge in [0.2, 0.25) is 0 Å². The zero-order valence-electron chi connectivity index (χ0n) is 19.4. The van der Waals surface area contributed by atoms with E-state index >= 15 is 0 Å². The van der Waals surface area contributed by atoms with Gasteiger partial charge in [0.15, 0.2) is 0 Å². The third-order valence-electron chi connectivity index (χ3n) is 5.29. The molecule has 2 heterocycles. The standard InChI is InChI=1S/C25H29N5O3/c1-17(2)15-29-16-18(13-27-29)25-14-26-23-6-5-19(11-24(23)28-25)30(7-8-31)20-9-21(32-3)12-22(10-20)33-4/h5-6,9-14,16-17,31H,7-8,15H2,1-4H3. The van der Waals surface area contributed by atoms with Crippen molar-refractivity contribution in [2.24, 2.45) is 5.92 Å². The summed E-state index contributed by atoms with van der Waals surface area (Å²) in [5, 5.41) is 14.2. The molecule has 0 fully saturated rings. The molecule has 8 nitrogen and oxygen atoms in total. The Morgan fingerprint density at radius 3 is 2.39 bits per heavy atom. The highest BCUT2D eigenvalue weighted by Gasteiger charge is 2.14. The van der Waals surface area contributed by atoms with Crippen LogP contribution in [0.3, 0.4) is 0 Å². The summed E-state index contributed by atoms with van der Waals surface area (Å²) in [5.41, 5.74) is 4.99. The number of methoxy groups -OCH3 is 2. The molecule has 0 aliphatic carbocycles. The molecule has 4 aromatic rings. The second-order valence-electron chi connectivity index (χ2n) is 8.22. The molecule has 0 atom stereocenters. The Bertz CT molecular complexity index is 1220. The van der Waals surface area contributed by atoms with Crippen molar-refractivity contribution in [1.29, 1.82) is 0 Å². The Balaban J connectivity index is 1.72. The number of aromatic nitrogens is 4. The molecule has 0 spiro atoms. The number of hydrogen-bond donors (Lipinski definition) is 1. The lowest BCUT2D eigenvalue weighted by Gasteiger charge is -2.25. The van der Waals surface area contributed by atoms with Crippen LogP contribution in [0.4, 0.5) is 11.4 Å². The summed E-state index contributed by atoms with van der Waals surface area (Å²) in [6, 6.07) is 11.5. The number of nitrogens with zero attached hydrogens (tertiary/aromatic N) is 5. The molecule has 0 aliphatic rings. The number of rotatable bonds is 9. The minimum absolute atomic E-state index is 0.0156. The van der Waals surface area contributed by atoms with E-state index in [4.69, 9.17) is 14.5 Å². The number of ether oxygens (including phenoxy) is 2. The van der Waals surface area contributed by atoms with Crippen LogP contribution in [-0.2, 0) is 6.54 Å². The van der Waals surface area contributed by atoms with Crippen LogP contribution < -0.4 is 14.4 Å². The molecule has 1 N–H and O–H groups in total. The predicted molar refractivity (Wildman–Crippen MR) is 129 cm³/mol. The minimum Gasteiger partial charge on any atom is -0.497 e. The fourth-order valence-electron chi connectivity index (χ4n) is 3.73. The summed E-state index contributed by atoms with van der Waals surface area (Å²) in [5.74, 6) is 1.86. The number of benzene rings is 2. The number of aliphatic hydroxyl groups is 1. The molecule has 0 unspecified atom stereocenters. The highest BCUT2D eigenvalue weighted by molar-refractivity contribution is 5.82. The highest BCUT2D eigenvalue weighted by Crippen LogP contribution is 2.34. The van der Waals surface area contributed by atoms with Crippen LogP contribution in [0.25, 0.3) is 22.3 Å². The molecule has 2 aromatic heterocycles. The van der Waals surface area contributed by atoms with E-state index in [0.29, 0.717) is 24.0 Å². The lowest BCUT2D eigenvalue weighted by atomic mass is 10.2. The van der Waals surface area contributed by atoms with E-state index in [-0.39, 0.29) is 6.61 Å². The fraction of sp³-hybridized carbons (Fsp3) is 0.320. The number of anilines is 2. The van der Waals surface area contributed by atoms with Crippen molar-refractivity contribution in [3.05, 3.63) is 55.0 Å². The van der Waals surface area contributed by atoms with Crippen LogP contribution in [0.1, 0.15) is 13.8 Å². The lowest BCUT2D eigenvalue weighted by Crippen LogP contribution is -2.21. The molecule has 4 rings (SSSR count). The van der Waals surface area contributed by atoms with Crippen LogP contribution in [0.15, 0.2) is 55.0 Å². The van der Waals surface area contributed by atoms with E-state index in [0.717, 1.165) is 40.2 Å². The van der Waals surface area contributed by atoms with Gasteiger partial charge in [0.25, 0.3) is 0 Å². The Hall–Kier alpha value is -3.65. The van der Waals surface area contributed by atoms with Crippen LogP contribution in [0.5, 0.6) is 11.5 Å². The van der Waals surface area contributed by atoms with Gasteiger partial charge in [-0.1, -0.05) is 13.8 Å². The van der Waals surface area contributed by atoms with E-state index in [2.05, 4.69) is 23.9 Å². The molecular formula is C25H29N5O3. The van der Waals surface area contributed by atoms with Crippen molar-refractivity contribution in [3.63, 3.8) is 0 Å². The van der Waals surface area contributed by atoms with Gasteiger partial charge in [-0.15, -0.1) is 0 Å². The molecule has 0 aliphatic heterocycles. The molecule has 2 aromatic carbocycles. The molecule has 0 bridgehead atoms. The van der Waals surface area contributed by atoms with E-state index < -0.39 is 0 Å². The Morgan fingerprint density at radius 2 is 1.73 bits per heavy atom. The van der Waals surface area contributed by atoms with Crippen molar-refractivity contribution >= 4 is 22.4 Å². The summed E-state index contributed by atoms with van der Waals surface area (Å²) >= 11 is 0. The van der Waals surface area contributed by atoms with Gasteiger partial charge in [-0.25, -0.2) is 4.98 Å². The van der Waals surface area contributed by atoms with Gasteiger partial charge >= 0.3 is 0 Å². The smallest absolute Gasteiger partial charge is 0.124 e. The third-order valence-corrected chi connectivity index (χ3v) is 5.29. The van der Waals surface area contributed by atoms with E-state index in [1.807, 2.05) is 58.4 Å². The minimum atomic E-state index is -0.0156. The van der Waals surface area contributed by atoms with Crippen LogP contribution in [0, 0.1) is 5.92 Å². The maximum Gasteiger partial charge on any atom is 0.124 e. The SMILES string of the molecule is COc1cc(OC)cc(N(CCO)c2ccc3ncc(-c4cnn(CC(C)C)c4)nc3c2)c1. The molecule has 172 valence electrons. The van der Waals surface area contributed by atoms with Crippen LogP contribution in [0.2, 0.25) is 0 Å². The number of fused-ring (bicyclic) bond motifs is 1. The van der Waals surface area contributed by atoms with E-state index in [9.17, 15) is 5.11 Å². The van der Waals surface area contributed by atoms with Crippen molar-refractivity contribution in [1.82, 2.24) is 19.7 Å². The van der Waals surface area contributed by atoms with Crippen LogP contribution >= 0.6 is 0 Å². The molecule has 0 saturated carbocycles. The largest absolute Gasteiger partial charge is 0.497 e. The number of hydrogen-bond acceptors (Lipinski definition) is 7. The Kier molecular flexibility index (Phi) is 6.74. The summed E-state index contributed by atoms with van der Waals surface area (Å²) in [6.07, 6.45) is 5.60. The van der Waals surface area contributed by atoms with Gasteiger partial charge < -0.3 is 19.5 Å². The zero-order chi connectivity index (χ0) is 23.4. The lowest BCUT2D eigenvalue weighted by molar-refractivity contribution is 0.305. The first-order valence-corrected chi connectivity index (χ1v) is 10.9. The van der Waals surface area contributed by atoms with Gasteiger partial charge in [-0.2, -0.15) is 5.10 Å². The van der Waals surface area contributed by atoms with E-state index in [1.165, 1.54) is 0 Å². The quantitative estimate of drug-likeness (QED) is 0.409. The van der Waals surface area contributed by atoms with Crippen molar-refractivity contribution < 1.29 is 14.6 Å². The number of aliphatic hydroxyl groups excluding tert-OH is 1. The van der Waals surface area contributed by atoms with Crippen molar-refractivity contribution in [2.75, 3.05) is 32.3 Å². The monoisotopic (exact) mass is 447 g/mol. The maximum absolute atomic E-state index is 9.74. The second-order valence-corrected chi connectivity index (χ2v) is 8.22. The Labute approximate surface area is 193 Å². The molecule has 0 radical (unpaired) electrons. The molecule has 8 heteroatoms. The molecule has 33 heavy (non-hydrogen) atoms. The van der Waals surface area contributed by atoms with Gasteiger partial charge in [0.05, 0.1) is 49.9 Å². The highest BCUT2D eigenvalue weighted by atomic mass is 16.5. The average Bonchev–Trinajstić information content (AvgIpc) is 3.29. The predicted octanol–water partition coefficient (Wildman–Crippen LogP) is 4.30. The van der Waals surface area contributed by atoms with Gasteiger partial charge in [0.1, 0.15) is 11.5 Å². The summed E-state index contributed by atoms with van der Waals surface area (Å²) in [7, 11) is 3.23.